The van der Waals surface area contributed by atoms with Crippen molar-refractivity contribution < 1.29 is 9.13 Å². The van der Waals surface area contributed by atoms with Gasteiger partial charge < -0.3 is 10.5 Å². The van der Waals surface area contributed by atoms with Crippen LogP contribution >= 0.6 is 15.9 Å². The molecule has 2 N–H and O–H groups in total. The maximum absolute atomic E-state index is 13.7. The first-order valence-electron chi connectivity index (χ1n) is 6.08. The summed E-state index contributed by atoms with van der Waals surface area (Å²) in [5.41, 5.74) is 6.95. The van der Waals surface area contributed by atoms with Crippen molar-refractivity contribution in [3.63, 3.8) is 0 Å². The maximum atomic E-state index is 13.7. The Labute approximate surface area is 120 Å². The highest BCUT2D eigenvalue weighted by Gasteiger charge is 2.08. The van der Waals surface area contributed by atoms with E-state index in [1.165, 1.54) is 6.07 Å². The Morgan fingerprint density at radius 1 is 1.26 bits per heavy atom. The molecule has 0 amide bonds. The average Bonchev–Trinajstić information content (AvgIpc) is 2.41. The van der Waals surface area contributed by atoms with Crippen LogP contribution in [0, 0.1) is 5.82 Å². The minimum Gasteiger partial charge on any atom is -0.454 e. The molecule has 0 spiro atoms. The second-order valence-electron chi connectivity index (χ2n) is 4.26. The van der Waals surface area contributed by atoms with Crippen LogP contribution in [0.15, 0.2) is 46.9 Å². The molecule has 0 bridgehead atoms. The lowest BCUT2D eigenvalue weighted by Gasteiger charge is -2.12. The summed E-state index contributed by atoms with van der Waals surface area (Å²) in [6.45, 7) is 2.02. The number of hydrogen-bond acceptors (Lipinski definition) is 2. The minimum atomic E-state index is -0.403. The predicted molar refractivity (Wildman–Crippen MR) is 77.8 cm³/mol. The van der Waals surface area contributed by atoms with Crippen LogP contribution in [0.25, 0.3) is 0 Å². The highest BCUT2D eigenvalue weighted by Crippen LogP contribution is 2.28. The number of hydrogen-bond donors (Lipinski definition) is 1. The van der Waals surface area contributed by atoms with Crippen LogP contribution in [0.3, 0.4) is 0 Å². The Morgan fingerprint density at radius 2 is 2.05 bits per heavy atom. The zero-order valence-electron chi connectivity index (χ0n) is 10.6. The van der Waals surface area contributed by atoms with Crippen molar-refractivity contribution in [2.75, 3.05) is 0 Å². The summed E-state index contributed by atoms with van der Waals surface area (Å²) in [5, 5.41) is 0. The van der Waals surface area contributed by atoms with Gasteiger partial charge in [-0.1, -0.05) is 35.0 Å². The van der Waals surface area contributed by atoms with Gasteiger partial charge >= 0.3 is 0 Å². The Morgan fingerprint density at radius 3 is 2.74 bits per heavy atom. The second kappa shape index (κ2) is 6.17. The lowest BCUT2D eigenvalue weighted by Crippen LogP contribution is -2.08. The topological polar surface area (TPSA) is 35.2 Å². The molecule has 1 unspecified atom stereocenters. The summed E-state index contributed by atoms with van der Waals surface area (Å²) in [7, 11) is 0. The molecule has 100 valence electrons. The molecule has 0 saturated carbocycles. The first-order chi connectivity index (χ1) is 9.10. The van der Waals surface area contributed by atoms with Crippen LogP contribution < -0.4 is 10.5 Å². The van der Waals surface area contributed by atoms with E-state index in [2.05, 4.69) is 15.9 Å². The van der Waals surface area contributed by atoms with Crippen LogP contribution in [0.5, 0.6) is 11.5 Å². The molecular formula is C15H15BrFNO. The van der Waals surface area contributed by atoms with Gasteiger partial charge in [0.15, 0.2) is 11.6 Å². The van der Waals surface area contributed by atoms with E-state index in [9.17, 15) is 4.39 Å². The number of rotatable bonds is 4. The van der Waals surface area contributed by atoms with Crippen LogP contribution in [-0.2, 0) is 0 Å². The fourth-order valence-corrected chi connectivity index (χ4v) is 2.06. The monoisotopic (exact) mass is 323 g/mol. The molecule has 2 rings (SSSR count). The number of halogens is 2. The Balaban J connectivity index is 2.23. The highest BCUT2D eigenvalue weighted by molar-refractivity contribution is 9.10. The lowest BCUT2D eigenvalue weighted by molar-refractivity contribution is 0.441. The maximum Gasteiger partial charge on any atom is 0.166 e. The van der Waals surface area contributed by atoms with Gasteiger partial charge in [0.2, 0.25) is 0 Å². The van der Waals surface area contributed by atoms with Crippen LogP contribution in [0.4, 0.5) is 4.39 Å². The smallest absolute Gasteiger partial charge is 0.166 e. The molecule has 0 aliphatic heterocycles. The van der Waals surface area contributed by atoms with Gasteiger partial charge in [-0.15, -0.1) is 0 Å². The molecule has 2 aromatic rings. The van der Waals surface area contributed by atoms with E-state index in [-0.39, 0.29) is 11.8 Å². The van der Waals surface area contributed by atoms with Crippen molar-refractivity contribution in [2.45, 2.75) is 19.4 Å². The fraction of sp³-hybridized carbons (Fsp3) is 0.200. The molecule has 0 aliphatic carbocycles. The summed E-state index contributed by atoms with van der Waals surface area (Å²) in [6, 6.07) is 12.1. The van der Waals surface area contributed by atoms with Crippen molar-refractivity contribution in [1.29, 1.82) is 0 Å². The van der Waals surface area contributed by atoms with E-state index < -0.39 is 5.82 Å². The third-order valence-electron chi connectivity index (χ3n) is 2.85. The molecule has 2 nitrogen and oxygen atoms in total. The molecular weight excluding hydrogens is 309 g/mol. The van der Waals surface area contributed by atoms with E-state index in [0.717, 1.165) is 12.0 Å². The van der Waals surface area contributed by atoms with E-state index >= 15 is 0 Å². The summed E-state index contributed by atoms with van der Waals surface area (Å²) in [4.78, 5) is 0. The summed E-state index contributed by atoms with van der Waals surface area (Å²) < 4.78 is 19.9. The normalized spacial score (nSPS) is 12.2. The highest BCUT2D eigenvalue weighted by atomic mass is 79.9. The van der Waals surface area contributed by atoms with Crippen molar-refractivity contribution >= 4 is 15.9 Å². The Hall–Kier alpha value is -1.39. The van der Waals surface area contributed by atoms with Crippen LogP contribution in [0.1, 0.15) is 24.9 Å². The van der Waals surface area contributed by atoms with E-state index in [0.29, 0.717) is 10.2 Å². The van der Waals surface area contributed by atoms with Gasteiger partial charge in [0.25, 0.3) is 0 Å². The van der Waals surface area contributed by atoms with Gasteiger partial charge in [-0.3, -0.25) is 0 Å². The molecule has 4 heteroatoms. The largest absolute Gasteiger partial charge is 0.454 e. The van der Waals surface area contributed by atoms with Crippen molar-refractivity contribution in [1.82, 2.24) is 0 Å². The third-order valence-corrected chi connectivity index (χ3v) is 3.34. The molecule has 0 aromatic heterocycles. The quantitative estimate of drug-likeness (QED) is 0.877. The summed E-state index contributed by atoms with van der Waals surface area (Å²) >= 11 is 3.21. The second-order valence-corrected chi connectivity index (χ2v) is 5.18. The number of benzene rings is 2. The molecule has 0 fully saturated rings. The zero-order valence-corrected chi connectivity index (χ0v) is 12.2. The lowest BCUT2D eigenvalue weighted by atomic mass is 10.1. The van der Waals surface area contributed by atoms with E-state index in [1.807, 2.05) is 25.1 Å². The van der Waals surface area contributed by atoms with Gasteiger partial charge in [0.1, 0.15) is 5.75 Å². The standard InChI is InChI=1S/C15H15BrFNO/c1-2-14(18)10-4-3-5-12(8-10)19-15-7-6-11(16)9-13(15)17/h3-9,14H,2,18H2,1H3. The van der Waals surface area contributed by atoms with Gasteiger partial charge in [-0.05, 0) is 42.3 Å². The average molecular weight is 324 g/mol. The van der Waals surface area contributed by atoms with Gasteiger partial charge in [0.05, 0.1) is 0 Å². The Kier molecular flexibility index (Phi) is 4.56. The summed E-state index contributed by atoms with van der Waals surface area (Å²) in [6.07, 6.45) is 0.843. The first-order valence-corrected chi connectivity index (χ1v) is 6.88. The Bertz CT molecular complexity index is 574. The molecule has 0 heterocycles. The predicted octanol–water partition coefficient (Wildman–Crippen LogP) is 4.79. The van der Waals surface area contributed by atoms with Gasteiger partial charge in [-0.2, -0.15) is 0 Å². The number of ether oxygens (including phenoxy) is 1. The molecule has 19 heavy (non-hydrogen) atoms. The van der Waals surface area contributed by atoms with Gasteiger partial charge in [0, 0.05) is 10.5 Å². The third kappa shape index (κ3) is 3.55. The molecule has 2 aromatic carbocycles. The molecule has 0 saturated heterocycles. The van der Waals surface area contributed by atoms with Crippen molar-refractivity contribution in [3.8, 4) is 11.5 Å². The van der Waals surface area contributed by atoms with Gasteiger partial charge in [-0.25, -0.2) is 4.39 Å². The molecule has 0 aliphatic rings. The van der Waals surface area contributed by atoms with E-state index in [1.54, 1.807) is 18.2 Å². The van der Waals surface area contributed by atoms with Crippen LogP contribution in [-0.4, -0.2) is 0 Å². The first kappa shape index (κ1) is 14.0. The van der Waals surface area contributed by atoms with Crippen molar-refractivity contribution in [2.24, 2.45) is 5.73 Å². The SMILES string of the molecule is CCC(N)c1cccc(Oc2ccc(Br)cc2F)c1. The fourth-order valence-electron chi connectivity index (χ4n) is 1.73. The summed E-state index contributed by atoms with van der Waals surface area (Å²) in [5.74, 6) is 0.382. The zero-order chi connectivity index (χ0) is 13.8. The van der Waals surface area contributed by atoms with Crippen molar-refractivity contribution in [3.05, 3.63) is 58.3 Å². The molecule has 1 atom stereocenters. The number of nitrogens with two attached hydrogens (primary N) is 1. The molecule has 0 radical (unpaired) electrons. The minimum absolute atomic E-state index is 0.0293. The van der Waals surface area contributed by atoms with Crippen LogP contribution in [0.2, 0.25) is 0 Å². The van der Waals surface area contributed by atoms with E-state index in [4.69, 9.17) is 10.5 Å².